The van der Waals surface area contributed by atoms with Crippen molar-refractivity contribution in [2.24, 2.45) is 5.92 Å². The van der Waals surface area contributed by atoms with Crippen LogP contribution >= 0.6 is 11.6 Å². The molecule has 0 heterocycles. The monoisotopic (exact) mass is 279 g/mol. The third kappa shape index (κ3) is 3.73. The van der Waals surface area contributed by atoms with Crippen LogP contribution in [-0.4, -0.2) is 7.05 Å². The van der Waals surface area contributed by atoms with Gasteiger partial charge in [0.05, 0.1) is 0 Å². The van der Waals surface area contributed by atoms with E-state index in [1.807, 2.05) is 0 Å². The Morgan fingerprint density at radius 1 is 1.16 bits per heavy atom. The summed E-state index contributed by atoms with van der Waals surface area (Å²) in [6.07, 6.45) is 8.34. The van der Waals surface area contributed by atoms with Gasteiger partial charge >= 0.3 is 0 Å². The van der Waals surface area contributed by atoms with Gasteiger partial charge in [-0.15, -0.1) is 0 Å². The predicted octanol–water partition coefficient (Wildman–Crippen LogP) is 5.19. The fraction of sp³-hybridized carbons (Fsp3) is 0.647. The first-order valence-corrected chi connectivity index (χ1v) is 7.93. The summed E-state index contributed by atoms with van der Waals surface area (Å²) in [5.74, 6) is 0.890. The van der Waals surface area contributed by atoms with Crippen LogP contribution in [0.1, 0.15) is 61.3 Å². The molecule has 0 aliphatic heterocycles. The number of halogens is 1. The smallest absolute Gasteiger partial charge is 0.0438 e. The van der Waals surface area contributed by atoms with E-state index in [4.69, 9.17) is 11.6 Å². The van der Waals surface area contributed by atoms with Crippen LogP contribution in [0.4, 0.5) is 0 Å². The molecular weight excluding hydrogens is 254 g/mol. The molecule has 1 unspecified atom stereocenters. The van der Waals surface area contributed by atoms with Gasteiger partial charge in [-0.2, -0.15) is 0 Å². The van der Waals surface area contributed by atoms with E-state index in [9.17, 15) is 0 Å². The van der Waals surface area contributed by atoms with Crippen molar-refractivity contribution in [3.05, 3.63) is 33.8 Å². The van der Waals surface area contributed by atoms with Gasteiger partial charge in [-0.25, -0.2) is 0 Å². The fourth-order valence-electron chi connectivity index (χ4n) is 3.34. The summed E-state index contributed by atoms with van der Waals surface area (Å²) in [7, 11) is 2.08. The molecule has 0 saturated heterocycles. The number of nitrogens with one attached hydrogen (secondary N) is 1. The summed E-state index contributed by atoms with van der Waals surface area (Å²) in [6, 6.07) is 4.85. The average Bonchev–Trinajstić information content (AvgIpc) is 2.42. The molecule has 1 aliphatic rings. The van der Waals surface area contributed by atoms with Gasteiger partial charge in [0.2, 0.25) is 0 Å². The summed E-state index contributed by atoms with van der Waals surface area (Å²) >= 11 is 6.21. The third-order valence-electron chi connectivity index (χ3n) is 4.56. The first-order valence-electron chi connectivity index (χ1n) is 7.55. The highest BCUT2D eigenvalue weighted by atomic mass is 35.5. The number of rotatable bonds is 4. The zero-order chi connectivity index (χ0) is 13.8. The van der Waals surface area contributed by atoms with E-state index in [0.29, 0.717) is 6.04 Å². The van der Waals surface area contributed by atoms with Gasteiger partial charge in [-0.3, -0.25) is 0 Å². The Labute approximate surface area is 122 Å². The molecule has 1 fully saturated rings. The van der Waals surface area contributed by atoms with Gasteiger partial charge in [-0.05, 0) is 56.0 Å². The highest BCUT2D eigenvalue weighted by Gasteiger charge is 2.20. The predicted molar refractivity (Wildman–Crippen MR) is 83.9 cm³/mol. The minimum atomic E-state index is 0.471. The molecule has 106 valence electrons. The molecule has 0 amide bonds. The minimum Gasteiger partial charge on any atom is -0.313 e. The van der Waals surface area contributed by atoms with Crippen LogP contribution in [0.5, 0.6) is 0 Å². The second-order valence-corrected chi connectivity index (χ2v) is 6.45. The maximum Gasteiger partial charge on any atom is 0.0438 e. The zero-order valence-corrected chi connectivity index (χ0v) is 13.2. The summed E-state index contributed by atoms with van der Waals surface area (Å²) in [6.45, 7) is 4.27. The Morgan fingerprint density at radius 2 is 1.84 bits per heavy atom. The number of benzene rings is 1. The van der Waals surface area contributed by atoms with Crippen LogP contribution in [0.3, 0.4) is 0 Å². The lowest BCUT2D eigenvalue weighted by molar-refractivity contribution is 0.305. The largest absolute Gasteiger partial charge is 0.313 e. The van der Waals surface area contributed by atoms with Crippen molar-refractivity contribution in [3.63, 3.8) is 0 Å². The van der Waals surface area contributed by atoms with Crippen LogP contribution in [0.2, 0.25) is 5.02 Å². The molecule has 2 heteroatoms. The fourth-order valence-corrected chi connectivity index (χ4v) is 3.55. The SMILES string of the molecule is CNC(CC1CCCCC1)c1cc(C)c(Cl)cc1C. The van der Waals surface area contributed by atoms with Gasteiger partial charge in [-0.1, -0.05) is 49.8 Å². The van der Waals surface area contributed by atoms with Crippen LogP contribution < -0.4 is 5.32 Å². The van der Waals surface area contributed by atoms with E-state index < -0.39 is 0 Å². The zero-order valence-electron chi connectivity index (χ0n) is 12.4. The molecule has 1 atom stereocenters. The molecule has 1 nitrogen and oxygen atoms in total. The highest BCUT2D eigenvalue weighted by Crippen LogP contribution is 2.34. The first-order chi connectivity index (χ1) is 9.11. The van der Waals surface area contributed by atoms with Crippen LogP contribution in [0, 0.1) is 19.8 Å². The number of aryl methyl sites for hydroxylation is 2. The average molecular weight is 280 g/mol. The normalized spacial score (nSPS) is 18.5. The van der Waals surface area contributed by atoms with Gasteiger partial charge in [0.1, 0.15) is 0 Å². The minimum absolute atomic E-state index is 0.471. The van der Waals surface area contributed by atoms with Gasteiger partial charge in [0, 0.05) is 11.1 Å². The topological polar surface area (TPSA) is 12.0 Å². The second kappa shape index (κ2) is 6.76. The van der Waals surface area contributed by atoms with E-state index in [1.54, 1.807) is 0 Å². The van der Waals surface area contributed by atoms with Crippen LogP contribution in [0.25, 0.3) is 0 Å². The van der Waals surface area contributed by atoms with E-state index in [-0.39, 0.29) is 0 Å². The Balaban J connectivity index is 2.14. The molecule has 19 heavy (non-hydrogen) atoms. The van der Waals surface area contributed by atoms with Crippen molar-refractivity contribution < 1.29 is 0 Å². The quantitative estimate of drug-likeness (QED) is 0.800. The lowest BCUT2D eigenvalue weighted by Crippen LogP contribution is -2.22. The summed E-state index contributed by atoms with van der Waals surface area (Å²) in [4.78, 5) is 0. The maximum atomic E-state index is 6.21. The summed E-state index contributed by atoms with van der Waals surface area (Å²) in [5, 5.41) is 4.39. The van der Waals surface area contributed by atoms with Gasteiger partial charge in [0.15, 0.2) is 0 Å². The second-order valence-electron chi connectivity index (χ2n) is 6.04. The molecule has 1 N–H and O–H groups in total. The highest BCUT2D eigenvalue weighted by molar-refractivity contribution is 6.31. The van der Waals surface area contributed by atoms with Crippen molar-refractivity contribution in [2.45, 2.75) is 58.4 Å². The van der Waals surface area contributed by atoms with Crippen molar-refractivity contribution in [2.75, 3.05) is 7.05 Å². The molecule has 0 bridgehead atoms. The lowest BCUT2D eigenvalue weighted by Gasteiger charge is -2.28. The van der Waals surface area contributed by atoms with Crippen LogP contribution in [0.15, 0.2) is 12.1 Å². The Hall–Kier alpha value is -0.530. The molecule has 1 aromatic carbocycles. The van der Waals surface area contributed by atoms with Gasteiger partial charge < -0.3 is 5.32 Å². The number of hydrogen-bond donors (Lipinski definition) is 1. The first kappa shape index (κ1) is 14.9. The van der Waals surface area contributed by atoms with Gasteiger partial charge in [0.25, 0.3) is 0 Å². The number of hydrogen-bond acceptors (Lipinski definition) is 1. The Morgan fingerprint density at radius 3 is 2.47 bits per heavy atom. The summed E-state index contributed by atoms with van der Waals surface area (Å²) in [5.41, 5.74) is 3.92. The van der Waals surface area contributed by atoms with Crippen molar-refractivity contribution >= 4 is 11.6 Å². The Kier molecular flexibility index (Phi) is 5.29. The summed E-state index contributed by atoms with van der Waals surface area (Å²) < 4.78 is 0. The maximum absolute atomic E-state index is 6.21. The Bertz CT molecular complexity index is 422. The molecular formula is C17H26ClN. The molecule has 0 radical (unpaired) electrons. The molecule has 0 spiro atoms. The molecule has 1 saturated carbocycles. The lowest BCUT2D eigenvalue weighted by atomic mass is 9.82. The van der Waals surface area contributed by atoms with Crippen molar-refractivity contribution in [3.8, 4) is 0 Å². The molecule has 2 rings (SSSR count). The van der Waals surface area contributed by atoms with E-state index in [1.165, 1.54) is 55.2 Å². The molecule has 1 aliphatic carbocycles. The molecule has 1 aromatic rings. The van der Waals surface area contributed by atoms with E-state index in [0.717, 1.165) is 10.9 Å². The van der Waals surface area contributed by atoms with Crippen molar-refractivity contribution in [1.82, 2.24) is 5.32 Å². The van der Waals surface area contributed by atoms with Crippen LogP contribution in [-0.2, 0) is 0 Å². The van der Waals surface area contributed by atoms with E-state index in [2.05, 4.69) is 38.3 Å². The third-order valence-corrected chi connectivity index (χ3v) is 4.97. The van der Waals surface area contributed by atoms with Crippen molar-refractivity contribution in [1.29, 1.82) is 0 Å². The molecule has 0 aromatic heterocycles. The van der Waals surface area contributed by atoms with E-state index >= 15 is 0 Å². The standard InChI is InChI=1S/C17H26ClN/c1-12-10-16(18)13(2)9-15(12)17(19-3)11-14-7-5-4-6-8-14/h9-10,14,17,19H,4-8,11H2,1-3H3.